The molecule has 1 aliphatic rings. The highest BCUT2D eigenvalue weighted by atomic mass is 14.9. The number of fused-ring (bicyclic) bond motifs is 2. The number of anilines is 3. The predicted molar refractivity (Wildman–Crippen MR) is 144 cm³/mol. The summed E-state index contributed by atoms with van der Waals surface area (Å²) in [6.45, 7) is 0. The Labute approximate surface area is 206 Å². The van der Waals surface area contributed by atoms with E-state index in [4.69, 9.17) is 17.2 Å². The van der Waals surface area contributed by atoms with Crippen LogP contribution >= 0.6 is 0 Å². The van der Waals surface area contributed by atoms with Crippen LogP contribution in [-0.4, -0.2) is 15.0 Å². The molecule has 0 saturated heterocycles. The second kappa shape index (κ2) is 13.7. The zero-order valence-electron chi connectivity index (χ0n) is 19.5. The first-order valence-electron chi connectivity index (χ1n) is 11.2. The van der Waals surface area contributed by atoms with Crippen molar-refractivity contribution < 1.29 is 0 Å². The number of benzene rings is 4. The minimum absolute atomic E-state index is 0.822. The van der Waals surface area contributed by atoms with Gasteiger partial charge >= 0.3 is 0 Å². The molecule has 0 fully saturated rings. The molecule has 176 valence electrons. The Balaban J connectivity index is 0.000000144. The van der Waals surface area contributed by atoms with Crippen LogP contribution in [0.1, 0.15) is 22.3 Å². The summed E-state index contributed by atoms with van der Waals surface area (Å²) in [5.41, 5.74) is 24.8. The lowest BCUT2D eigenvalue weighted by Crippen LogP contribution is -2.09. The number of hydrogen-bond acceptors (Lipinski definition) is 6. The third-order valence-corrected chi connectivity index (χ3v) is 5.17. The van der Waals surface area contributed by atoms with Crippen LogP contribution in [0.3, 0.4) is 0 Å². The zero-order chi connectivity index (χ0) is 24.7. The van der Waals surface area contributed by atoms with Crippen molar-refractivity contribution in [3.63, 3.8) is 0 Å². The van der Waals surface area contributed by atoms with Gasteiger partial charge in [-0.05, 0) is 59.0 Å². The first-order chi connectivity index (χ1) is 17.1. The number of rotatable bonds is 0. The Kier molecular flexibility index (Phi) is 9.79. The first kappa shape index (κ1) is 24.9. The van der Waals surface area contributed by atoms with Gasteiger partial charge in [0.25, 0.3) is 0 Å². The average molecular weight is 463 g/mol. The number of para-hydroxylation sites is 2. The molecule has 6 rings (SSSR count). The average Bonchev–Trinajstić information content (AvgIpc) is 2.91. The van der Waals surface area contributed by atoms with Crippen LogP contribution in [0.4, 0.5) is 17.1 Å². The molecular formula is C29H30N6. The van der Waals surface area contributed by atoms with Gasteiger partial charge in [-0.15, -0.1) is 0 Å². The summed E-state index contributed by atoms with van der Waals surface area (Å²) in [5, 5.41) is 0. The van der Waals surface area contributed by atoms with E-state index in [0.29, 0.717) is 0 Å². The summed E-state index contributed by atoms with van der Waals surface area (Å²) < 4.78 is 0. The topological polar surface area (TPSA) is 117 Å². The van der Waals surface area contributed by atoms with Crippen molar-refractivity contribution in [3.05, 3.63) is 144 Å². The number of nitrogens with two attached hydrogens (primary N) is 3. The van der Waals surface area contributed by atoms with Gasteiger partial charge in [-0.2, -0.15) is 0 Å². The monoisotopic (exact) mass is 462 g/mol. The zero-order valence-corrected chi connectivity index (χ0v) is 19.5. The maximum absolute atomic E-state index is 6.00. The molecule has 1 aliphatic carbocycles. The third-order valence-electron chi connectivity index (χ3n) is 5.17. The molecule has 0 saturated carbocycles. The maximum Gasteiger partial charge on any atom is 0.119 e. The maximum atomic E-state index is 6.00. The van der Waals surface area contributed by atoms with Crippen LogP contribution in [0.5, 0.6) is 0 Å². The van der Waals surface area contributed by atoms with Crippen molar-refractivity contribution in [3.8, 4) is 0 Å². The molecule has 1 heterocycles. The third kappa shape index (κ3) is 8.63. The van der Waals surface area contributed by atoms with E-state index in [1.807, 2.05) is 72.8 Å². The molecule has 0 bridgehead atoms. The Hall–Kier alpha value is -4.71. The smallest absolute Gasteiger partial charge is 0.119 e. The Morgan fingerprint density at radius 3 is 1.29 bits per heavy atom. The fourth-order valence-corrected chi connectivity index (χ4v) is 3.44. The summed E-state index contributed by atoms with van der Waals surface area (Å²) in [6.07, 6.45) is 6.32. The van der Waals surface area contributed by atoms with E-state index in [9.17, 15) is 0 Å². The van der Waals surface area contributed by atoms with Crippen molar-refractivity contribution in [2.45, 2.75) is 12.8 Å². The fraction of sp³-hybridized carbons (Fsp3) is 0.0690. The molecule has 35 heavy (non-hydrogen) atoms. The molecule has 1 aromatic heterocycles. The van der Waals surface area contributed by atoms with Crippen LogP contribution in [0.15, 0.2) is 122 Å². The van der Waals surface area contributed by atoms with Crippen molar-refractivity contribution in [2.24, 2.45) is 0 Å². The van der Waals surface area contributed by atoms with Crippen molar-refractivity contribution in [2.75, 3.05) is 17.2 Å². The summed E-state index contributed by atoms with van der Waals surface area (Å²) in [7, 11) is 0. The molecule has 4 aromatic carbocycles. The minimum Gasteiger partial charge on any atom is -0.399 e. The highest BCUT2D eigenvalue weighted by molar-refractivity contribution is 5.57. The molecule has 0 radical (unpaired) electrons. The summed E-state index contributed by atoms with van der Waals surface area (Å²) >= 11 is 0. The summed E-state index contributed by atoms with van der Waals surface area (Å²) in [4.78, 5) is 10.7. The van der Waals surface area contributed by atoms with Crippen LogP contribution in [0.2, 0.25) is 0 Å². The van der Waals surface area contributed by atoms with Gasteiger partial charge in [0.15, 0.2) is 0 Å². The van der Waals surface area contributed by atoms with Gasteiger partial charge in [0.05, 0.1) is 0 Å². The van der Waals surface area contributed by atoms with Crippen LogP contribution < -0.4 is 17.2 Å². The van der Waals surface area contributed by atoms with E-state index in [2.05, 4.69) is 45.3 Å². The number of nitrogen functional groups attached to an aromatic ring is 3. The normalized spacial score (nSPS) is 10.4. The standard InChI is InChI=1S/C14H13N.2C6H7N.C3H3N3/c15-14-7-3-6-12-8-10-4-1-2-5-11(10)9-13(12)14;2*7-6-4-2-1-3-5-6;1-4-2-6-3-5-1/h1-7H,8-9,15H2;2*1-5H,7H2;1-3H. The molecule has 6 nitrogen and oxygen atoms in total. The van der Waals surface area contributed by atoms with Gasteiger partial charge in [-0.1, -0.05) is 72.8 Å². The van der Waals surface area contributed by atoms with Gasteiger partial charge in [0.1, 0.15) is 19.0 Å². The summed E-state index contributed by atoms with van der Waals surface area (Å²) in [5.74, 6) is 0. The highest BCUT2D eigenvalue weighted by Gasteiger charge is 2.15. The lowest BCUT2D eigenvalue weighted by molar-refractivity contribution is 1.00. The van der Waals surface area contributed by atoms with Gasteiger partial charge < -0.3 is 17.2 Å². The largest absolute Gasteiger partial charge is 0.399 e. The van der Waals surface area contributed by atoms with E-state index < -0.39 is 0 Å². The lowest BCUT2D eigenvalue weighted by Gasteiger charge is -2.20. The van der Waals surface area contributed by atoms with Gasteiger partial charge in [-0.3, -0.25) is 0 Å². The second-order valence-electron chi connectivity index (χ2n) is 7.72. The second-order valence-corrected chi connectivity index (χ2v) is 7.72. The van der Waals surface area contributed by atoms with Crippen LogP contribution in [0.25, 0.3) is 0 Å². The quantitative estimate of drug-likeness (QED) is 0.268. The molecule has 0 spiro atoms. The molecule has 0 aliphatic heterocycles. The Morgan fingerprint density at radius 1 is 0.429 bits per heavy atom. The molecular weight excluding hydrogens is 432 g/mol. The van der Waals surface area contributed by atoms with Gasteiger partial charge in [0.2, 0.25) is 0 Å². The minimum atomic E-state index is 0.822. The van der Waals surface area contributed by atoms with E-state index in [1.165, 1.54) is 41.2 Å². The van der Waals surface area contributed by atoms with Crippen LogP contribution in [-0.2, 0) is 12.8 Å². The van der Waals surface area contributed by atoms with Gasteiger partial charge in [0, 0.05) is 23.5 Å². The van der Waals surface area contributed by atoms with E-state index >= 15 is 0 Å². The van der Waals surface area contributed by atoms with E-state index in [0.717, 1.165) is 29.9 Å². The highest BCUT2D eigenvalue weighted by Crippen LogP contribution is 2.30. The van der Waals surface area contributed by atoms with Gasteiger partial charge in [-0.25, -0.2) is 15.0 Å². The van der Waals surface area contributed by atoms with Crippen molar-refractivity contribution in [1.29, 1.82) is 0 Å². The van der Waals surface area contributed by atoms with E-state index in [1.54, 1.807) is 0 Å². The fourth-order valence-electron chi connectivity index (χ4n) is 3.44. The van der Waals surface area contributed by atoms with Crippen molar-refractivity contribution >= 4 is 17.1 Å². The first-order valence-corrected chi connectivity index (χ1v) is 11.2. The van der Waals surface area contributed by atoms with E-state index in [-0.39, 0.29) is 0 Å². The molecule has 5 aromatic rings. The van der Waals surface area contributed by atoms with Crippen LogP contribution in [0, 0.1) is 0 Å². The molecule has 6 heteroatoms. The molecule has 6 N–H and O–H groups in total. The lowest BCUT2D eigenvalue weighted by atomic mass is 9.85. The van der Waals surface area contributed by atoms with Crippen molar-refractivity contribution in [1.82, 2.24) is 15.0 Å². The number of aromatic nitrogens is 3. The Bertz CT molecular complexity index is 1200. The molecule has 0 amide bonds. The predicted octanol–water partition coefficient (Wildman–Crippen LogP) is 5.17. The number of nitrogens with zero attached hydrogens (tertiary/aromatic N) is 3. The molecule has 0 atom stereocenters. The SMILES string of the molecule is Nc1cccc2c1Cc1ccccc1C2.Nc1ccccc1.Nc1ccccc1.c1ncncn1. The number of hydrogen-bond donors (Lipinski definition) is 3. The molecule has 0 unspecified atom stereocenters. The summed E-state index contributed by atoms with van der Waals surface area (Å²) in [6, 6.07) is 33.8. The Morgan fingerprint density at radius 2 is 0.857 bits per heavy atom.